The summed E-state index contributed by atoms with van der Waals surface area (Å²) >= 11 is 0. The predicted molar refractivity (Wildman–Crippen MR) is 79.1 cm³/mol. The summed E-state index contributed by atoms with van der Waals surface area (Å²) in [5, 5.41) is 3.01. The summed E-state index contributed by atoms with van der Waals surface area (Å²) in [7, 11) is 0. The molecule has 0 spiro atoms. The summed E-state index contributed by atoms with van der Waals surface area (Å²) in [6, 6.07) is 7.75. The number of anilines is 2. The Hall–Kier alpha value is -1.71. The normalized spacial score (nSPS) is 19.6. The Morgan fingerprint density at radius 2 is 2.05 bits per heavy atom. The molecule has 0 saturated carbocycles. The fourth-order valence-electron chi connectivity index (χ4n) is 2.59. The van der Waals surface area contributed by atoms with Gasteiger partial charge in [-0.3, -0.25) is 4.79 Å². The number of carbonyl (C=O) groups is 1. The second-order valence-corrected chi connectivity index (χ2v) is 5.09. The standard InChI is InChI=1S/C15H23N3O/c1-2-11-18(13-8-6-12(16)7-9-13)14-5-3-4-10-17-15(14)19/h6-9,14H,2-5,10-11,16H2,1H3,(H,17,19). The molecule has 2 rings (SSSR count). The van der Waals surface area contributed by atoms with E-state index in [1.807, 2.05) is 24.3 Å². The van der Waals surface area contributed by atoms with Gasteiger partial charge >= 0.3 is 0 Å². The molecule has 1 amide bonds. The first kappa shape index (κ1) is 13.7. The fourth-order valence-corrected chi connectivity index (χ4v) is 2.59. The lowest BCUT2D eigenvalue weighted by atomic mass is 10.1. The minimum absolute atomic E-state index is 0.0499. The van der Waals surface area contributed by atoms with Crippen LogP contribution in [-0.4, -0.2) is 25.0 Å². The minimum atomic E-state index is -0.0499. The van der Waals surface area contributed by atoms with Gasteiger partial charge < -0.3 is 16.0 Å². The summed E-state index contributed by atoms with van der Waals surface area (Å²) in [5.41, 5.74) is 7.57. The third-order valence-corrected chi connectivity index (χ3v) is 3.57. The van der Waals surface area contributed by atoms with E-state index in [2.05, 4.69) is 17.1 Å². The lowest BCUT2D eigenvalue weighted by molar-refractivity contribution is -0.122. The van der Waals surface area contributed by atoms with E-state index in [1.54, 1.807) is 0 Å². The largest absolute Gasteiger partial charge is 0.399 e. The molecule has 1 unspecified atom stereocenters. The van der Waals surface area contributed by atoms with Crippen molar-refractivity contribution < 1.29 is 4.79 Å². The van der Waals surface area contributed by atoms with E-state index in [0.717, 1.165) is 50.1 Å². The highest BCUT2D eigenvalue weighted by Gasteiger charge is 2.26. The van der Waals surface area contributed by atoms with Crippen molar-refractivity contribution in [2.45, 2.75) is 38.6 Å². The number of nitrogen functional groups attached to an aromatic ring is 1. The van der Waals surface area contributed by atoms with Gasteiger partial charge in [0.05, 0.1) is 0 Å². The summed E-state index contributed by atoms with van der Waals surface area (Å²) in [4.78, 5) is 14.4. The van der Waals surface area contributed by atoms with Gasteiger partial charge in [-0.15, -0.1) is 0 Å². The quantitative estimate of drug-likeness (QED) is 0.817. The van der Waals surface area contributed by atoms with Crippen LogP contribution in [0.2, 0.25) is 0 Å². The molecule has 1 aromatic rings. The smallest absolute Gasteiger partial charge is 0.242 e. The molecule has 1 heterocycles. The number of amides is 1. The molecule has 19 heavy (non-hydrogen) atoms. The molecule has 0 bridgehead atoms. The number of nitrogens with two attached hydrogens (primary N) is 1. The average molecular weight is 261 g/mol. The zero-order chi connectivity index (χ0) is 13.7. The zero-order valence-corrected chi connectivity index (χ0v) is 11.6. The first-order valence-corrected chi connectivity index (χ1v) is 7.12. The molecule has 1 aliphatic rings. The summed E-state index contributed by atoms with van der Waals surface area (Å²) < 4.78 is 0. The van der Waals surface area contributed by atoms with Crippen molar-refractivity contribution in [2.24, 2.45) is 0 Å². The fraction of sp³-hybridized carbons (Fsp3) is 0.533. The molecule has 0 aromatic heterocycles. The van der Waals surface area contributed by atoms with Crippen LogP contribution in [0.25, 0.3) is 0 Å². The first-order valence-electron chi connectivity index (χ1n) is 7.12. The highest BCUT2D eigenvalue weighted by atomic mass is 16.2. The van der Waals surface area contributed by atoms with Gasteiger partial charge in [0.25, 0.3) is 0 Å². The molecule has 1 aromatic carbocycles. The van der Waals surface area contributed by atoms with E-state index >= 15 is 0 Å². The van der Waals surface area contributed by atoms with Crippen molar-refractivity contribution in [1.29, 1.82) is 0 Å². The maximum absolute atomic E-state index is 12.2. The number of hydrogen-bond acceptors (Lipinski definition) is 3. The molecular formula is C15H23N3O. The topological polar surface area (TPSA) is 58.4 Å². The van der Waals surface area contributed by atoms with Crippen molar-refractivity contribution in [1.82, 2.24) is 5.32 Å². The lowest BCUT2D eigenvalue weighted by Gasteiger charge is -2.31. The van der Waals surface area contributed by atoms with Crippen molar-refractivity contribution in [3.63, 3.8) is 0 Å². The average Bonchev–Trinajstić information content (AvgIpc) is 2.62. The molecule has 4 heteroatoms. The van der Waals surface area contributed by atoms with Gasteiger partial charge in [0.15, 0.2) is 0 Å². The van der Waals surface area contributed by atoms with E-state index in [0.29, 0.717) is 0 Å². The Bertz CT molecular complexity index is 416. The second kappa shape index (κ2) is 6.45. The number of hydrogen-bond donors (Lipinski definition) is 2. The van der Waals surface area contributed by atoms with Crippen molar-refractivity contribution in [3.8, 4) is 0 Å². The molecule has 104 valence electrons. The van der Waals surface area contributed by atoms with Gasteiger partial charge in [-0.1, -0.05) is 6.92 Å². The maximum atomic E-state index is 12.2. The van der Waals surface area contributed by atoms with E-state index < -0.39 is 0 Å². The summed E-state index contributed by atoms with van der Waals surface area (Å²) in [6.45, 7) is 3.83. The molecule has 1 atom stereocenters. The Morgan fingerprint density at radius 3 is 2.74 bits per heavy atom. The van der Waals surface area contributed by atoms with Crippen LogP contribution in [0.3, 0.4) is 0 Å². The highest BCUT2D eigenvalue weighted by molar-refractivity contribution is 5.85. The van der Waals surface area contributed by atoms with E-state index in [-0.39, 0.29) is 11.9 Å². The van der Waals surface area contributed by atoms with Gasteiger partial charge in [0, 0.05) is 24.5 Å². The van der Waals surface area contributed by atoms with Gasteiger partial charge in [-0.2, -0.15) is 0 Å². The predicted octanol–water partition coefficient (Wildman–Crippen LogP) is 2.15. The van der Waals surface area contributed by atoms with Gasteiger partial charge in [-0.05, 0) is 49.9 Å². The van der Waals surface area contributed by atoms with Crippen LogP contribution >= 0.6 is 0 Å². The number of carbonyl (C=O) groups excluding carboxylic acids is 1. The number of nitrogens with one attached hydrogen (secondary N) is 1. The van der Waals surface area contributed by atoms with Crippen LogP contribution < -0.4 is 16.0 Å². The van der Waals surface area contributed by atoms with E-state index in [1.165, 1.54) is 0 Å². The van der Waals surface area contributed by atoms with Gasteiger partial charge in [0.1, 0.15) is 6.04 Å². The SMILES string of the molecule is CCCN(c1ccc(N)cc1)C1CCCCNC1=O. The molecule has 3 N–H and O–H groups in total. The molecule has 0 aliphatic carbocycles. The Morgan fingerprint density at radius 1 is 1.32 bits per heavy atom. The molecule has 1 aliphatic heterocycles. The molecule has 1 saturated heterocycles. The lowest BCUT2D eigenvalue weighted by Crippen LogP contribution is -2.46. The Kier molecular flexibility index (Phi) is 4.66. The Labute approximate surface area is 115 Å². The molecule has 0 radical (unpaired) electrons. The monoisotopic (exact) mass is 261 g/mol. The van der Waals surface area contributed by atoms with Crippen molar-refractivity contribution in [3.05, 3.63) is 24.3 Å². The Balaban J connectivity index is 2.22. The van der Waals surface area contributed by atoms with Crippen molar-refractivity contribution in [2.75, 3.05) is 23.7 Å². The minimum Gasteiger partial charge on any atom is -0.399 e. The number of rotatable bonds is 4. The van der Waals surface area contributed by atoms with Crippen molar-refractivity contribution >= 4 is 17.3 Å². The number of benzene rings is 1. The molecular weight excluding hydrogens is 238 g/mol. The van der Waals surface area contributed by atoms with Crippen LogP contribution in [0.4, 0.5) is 11.4 Å². The summed E-state index contributed by atoms with van der Waals surface area (Å²) in [5.74, 6) is 0.155. The van der Waals surface area contributed by atoms with Crippen LogP contribution in [-0.2, 0) is 4.79 Å². The van der Waals surface area contributed by atoms with Gasteiger partial charge in [-0.25, -0.2) is 0 Å². The molecule has 4 nitrogen and oxygen atoms in total. The zero-order valence-electron chi connectivity index (χ0n) is 11.6. The van der Waals surface area contributed by atoms with Crippen LogP contribution in [0, 0.1) is 0 Å². The maximum Gasteiger partial charge on any atom is 0.242 e. The van der Waals surface area contributed by atoms with Gasteiger partial charge in [0.2, 0.25) is 5.91 Å². The third-order valence-electron chi connectivity index (χ3n) is 3.57. The third kappa shape index (κ3) is 3.40. The van der Waals surface area contributed by atoms with Crippen LogP contribution in [0.15, 0.2) is 24.3 Å². The van der Waals surface area contributed by atoms with E-state index in [9.17, 15) is 4.79 Å². The first-order chi connectivity index (χ1) is 9.22. The number of nitrogens with zero attached hydrogens (tertiary/aromatic N) is 1. The van der Waals surface area contributed by atoms with Crippen LogP contribution in [0.5, 0.6) is 0 Å². The summed E-state index contributed by atoms with van der Waals surface area (Å²) in [6.07, 6.45) is 4.12. The second-order valence-electron chi connectivity index (χ2n) is 5.09. The van der Waals surface area contributed by atoms with Crippen LogP contribution in [0.1, 0.15) is 32.6 Å². The van der Waals surface area contributed by atoms with E-state index in [4.69, 9.17) is 5.73 Å². The highest BCUT2D eigenvalue weighted by Crippen LogP contribution is 2.23. The molecule has 1 fully saturated rings.